The van der Waals surface area contributed by atoms with Gasteiger partial charge in [0.2, 0.25) is 0 Å². The third-order valence-corrected chi connectivity index (χ3v) is 1.02. The Bertz CT molecular complexity index is 117. The van der Waals surface area contributed by atoms with Gasteiger partial charge in [-0.05, 0) is 0 Å². The van der Waals surface area contributed by atoms with E-state index in [2.05, 4.69) is 0 Å². The topological polar surface area (TPSA) is 49.0 Å². The number of carbonyl (C=O) groups is 1. The first kappa shape index (κ1) is 5.34. The van der Waals surface area contributed by atoms with Gasteiger partial charge >= 0.3 is 6.09 Å². The molecule has 0 aromatic heterocycles. The molecule has 1 aliphatic carbocycles. The summed E-state index contributed by atoms with van der Waals surface area (Å²) >= 11 is 0. The van der Waals surface area contributed by atoms with E-state index in [1.54, 1.807) is 0 Å². The molecular formula is C4H5FNO2. The Morgan fingerprint density at radius 3 is 2.38 bits per heavy atom. The molecule has 0 bridgehead atoms. The lowest BCUT2D eigenvalue weighted by Crippen LogP contribution is -2.23. The van der Waals surface area contributed by atoms with Gasteiger partial charge in [0.25, 0.3) is 0 Å². The van der Waals surface area contributed by atoms with E-state index in [0.717, 1.165) is 0 Å². The van der Waals surface area contributed by atoms with E-state index in [1.165, 1.54) is 0 Å². The van der Waals surface area contributed by atoms with Crippen LogP contribution >= 0.6 is 0 Å². The molecule has 1 rings (SSSR count). The van der Waals surface area contributed by atoms with E-state index < -0.39 is 18.3 Å². The van der Waals surface area contributed by atoms with Gasteiger partial charge in [0.1, 0.15) is 6.17 Å². The minimum atomic E-state index is -1.39. The zero-order valence-corrected chi connectivity index (χ0v) is 4.06. The van der Waals surface area contributed by atoms with Gasteiger partial charge in [-0.15, -0.1) is 0 Å². The molecule has 1 radical (unpaired) electrons. The zero-order valence-electron chi connectivity index (χ0n) is 4.06. The van der Waals surface area contributed by atoms with Crippen molar-refractivity contribution in [2.45, 2.75) is 18.6 Å². The Hall–Kier alpha value is -0.800. The molecule has 3 nitrogen and oxygen atoms in total. The summed E-state index contributed by atoms with van der Waals surface area (Å²) in [5, 5.41) is 11.5. The molecule has 0 saturated heterocycles. The maximum Gasteiger partial charge on any atom is 0.450 e. The van der Waals surface area contributed by atoms with Crippen molar-refractivity contribution < 1.29 is 14.3 Å². The summed E-state index contributed by atoms with van der Waals surface area (Å²) in [6, 6.07) is -0.486. The number of alkyl halides is 1. The van der Waals surface area contributed by atoms with Crippen molar-refractivity contribution in [2.24, 2.45) is 0 Å². The van der Waals surface area contributed by atoms with Crippen molar-refractivity contribution in [1.82, 2.24) is 5.32 Å². The van der Waals surface area contributed by atoms with Gasteiger partial charge in [-0.25, -0.2) is 14.3 Å². The lowest BCUT2D eigenvalue weighted by atomic mass is 10.7. The van der Waals surface area contributed by atoms with Crippen molar-refractivity contribution in [2.75, 3.05) is 0 Å². The second-order valence-electron chi connectivity index (χ2n) is 1.79. The second-order valence-corrected chi connectivity index (χ2v) is 1.79. The Balaban J connectivity index is 2.14. The van der Waals surface area contributed by atoms with Crippen molar-refractivity contribution in [3.63, 3.8) is 0 Å². The van der Waals surface area contributed by atoms with Gasteiger partial charge in [-0.1, -0.05) is 0 Å². The number of nitrogens with one attached hydrogen (secondary N) is 1. The predicted octanol–water partition coefficient (Wildman–Crippen LogP) is 0.237. The molecule has 1 amide bonds. The van der Waals surface area contributed by atoms with Crippen LogP contribution in [0.3, 0.4) is 0 Å². The summed E-state index contributed by atoms with van der Waals surface area (Å²) in [6.45, 7) is 0. The van der Waals surface area contributed by atoms with E-state index in [1.807, 2.05) is 5.32 Å². The summed E-state index contributed by atoms with van der Waals surface area (Å²) in [5.41, 5.74) is 0. The Morgan fingerprint density at radius 1 is 1.75 bits per heavy atom. The molecule has 1 N–H and O–H groups in total. The van der Waals surface area contributed by atoms with E-state index in [4.69, 9.17) is 0 Å². The van der Waals surface area contributed by atoms with Crippen molar-refractivity contribution in [3.05, 3.63) is 0 Å². The van der Waals surface area contributed by atoms with Crippen LogP contribution in [0.2, 0.25) is 0 Å². The molecular weight excluding hydrogens is 113 g/mol. The minimum Gasteiger partial charge on any atom is -0.313 e. The summed E-state index contributed by atoms with van der Waals surface area (Å²) in [7, 11) is 0. The fraction of sp³-hybridized carbons (Fsp3) is 0.750. The zero-order chi connectivity index (χ0) is 6.15. The third-order valence-electron chi connectivity index (χ3n) is 1.02. The number of carbonyl (C=O) groups excluding carboxylic acids is 1. The molecule has 1 fully saturated rings. The Kier molecular flexibility index (Phi) is 1.08. The second kappa shape index (κ2) is 1.61. The number of hydrogen-bond donors (Lipinski definition) is 1. The smallest absolute Gasteiger partial charge is 0.313 e. The van der Waals surface area contributed by atoms with Gasteiger partial charge in [0.05, 0.1) is 6.04 Å². The first-order chi connectivity index (χ1) is 3.70. The maximum atomic E-state index is 11.8. The molecule has 0 aliphatic heterocycles. The number of amides is 1. The quantitative estimate of drug-likeness (QED) is 0.526. The van der Waals surface area contributed by atoms with Crippen LogP contribution in [-0.4, -0.2) is 18.3 Å². The van der Waals surface area contributed by atoms with Gasteiger partial charge < -0.3 is 5.32 Å². The highest BCUT2D eigenvalue weighted by atomic mass is 19.1. The fourth-order valence-corrected chi connectivity index (χ4v) is 0.465. The van der Waals surface area contributed by atoms with Crippen molar-refractivity contribution >= 4 is 6.09 Å². The monoisotopic (exact) mass is 118 g/mol. The van der Waals surface area contributed by atoms with Gasteiger partial charge in [-0.3, -0.25) is 0 Å². The summed E-state index contributed by atoms with van der Waals surface area (Å²) in [4.78, 5) is 9.61. The lowest BCUT2D eigenvalue weighted by molar-refractivity contribution is 0.167. The number of hydrogen-bond acceptors (Lipinski definition) is 1. The molecule has 1 aliphatic rings. The third kappa shape index (κ3) is 1.08. The predicted molar refractivity (Wildman–Crippen MR) is 22.5 cm³/mol. The summed E-state index contributed by atoms with van der Waals surface area (Å²) < 4.78 is 11.8. The lowest BCUT2D eigenvalue weighted by Gasteiger charge is -1.88. The first-order valence-corrected chi connectivity index (χ1v) is 2.31. The van der Waals surface area contributed by atoms with Gasteiger partial charge in [0.15, 0.2) is 0 Å². The SMILES string of the molecule is [O]C(=O)N[C@@H]1C[C@@H]1F. The normalized spacial score (nSPS) is 34.1. The summed E-state index contributed by atoms with van der Waals surface area (Å²) in [6.07, 6.45) is -2.07. The molecule has 2 atom stereocenters. The molecule has 0 aromatic carbocycles. The molecule has 0 unspecified atom stereocenters. The number of rotatable bonds is 1. The average molecular weight is 118 g/mol. The van der Waals surface area contributed by atoms with E-state index >= 15 is 0 Å². The molecule has 4 heteroatoms. The fourth-order valence-electron chi connectivity index (χ4n) is 0.465. The Morgan fingerprint density at radius 2 is 2.25 bits per heavy atom. The first-order valence-electron chi connectivity index (χ1n) is 2.31. The Labute approximate surface area is 45.5 Å². The molecule has 8 heavy (non-hydrogen) atoms. The molecule has 0 heterocycles. The highest BCUT2D eigenvalue weighted by molar-refractivity contribution is 5.65. The van der Waals surface area contributed by atoms with Gasteiger partial charge in [-0.2, -0.15) is 0 Å². The van der Waals surface area contributed by atoms with Crippen LogP contribution < -0.4 is 5.32 Å². The van der Waals surface area contributed by atoms with Crippen LogP contribution in [-0.2, 0) is 5.11 Å². The highest BCUT2D eigenvalue weighted by Gasteiger charge is 2.38. The van der Waals surface area contributed by atoms with Crippen LogP contribution in [0.15, 0.2) is 0 Å². The van der Waals surface area contributed by atoms with Crippen molar-refractivity contribution in [3.8, 4) is 0 Å². The van der Waals surface area contributed by atoms with Crippen LogP contribution in [0.5, 0.6) is 0 Å². The van der Waals surface area contributed by atoms with Crippen LogP contribution in [0.4, 0.5) is 9.18 Å². The largest absolute Gasteiger partial charge is 0.450 e. The van der Waals surface area contributed by atoms with Crippen molar-refractivity contribution in [1.29, 1.82) is 0 Å². The van der Waals surface area contributed by atoms with E-state index in [0.29, 0.717) is 6.42 Å². The highest BCUT2D eigenvalue weighted by Crippen LogP contribution is 2.24. The van der Waals surface area contributed by atoms with E-state index in [9.17, 15) is 14.3 Å². The molecule has 0 aromatic rings. The van der Waals surface area contributed by atoms with E-state index in [-0.39, 0.29) is 0 Å². The minimum absolute atomic E-state index is 0.300. The standard InChI is InChI=1S/C4H5FNO2/c5-2-1-3(2)6-4(7)8/h2-3,6H,1H2/t2-,3+/m0/s1. The molecule has 0 spiro atoms. The summed E-state index contributed by atoms with van der Waals surface area (Å²) in [5.74, 6) is 0. The van der Waals surface area contributed by atoms with Gasteiger partial charge in [0, 0.05) is 6.42 Å². The van der Waals surface area contributed by atoms with Crippen LogP contribution in [0, 0.1) is 0 Å². The molecule has 45 valence electrons. The van der Waals surface area contributed by atoms with Crippen LogP contribution in [0.1, 0.15) is 6.42 Å². The maximum absolute atomic E-state index is 11.8. The average Bonchev–Trinajstić information content (AvgIpc) is 2.17. The van der Waals surface area contributed by atoms with Crippen LogP contribution in [0.25, 0.3) is 0 Å². The molecule has 1 saturated carbocycles. The number of halogens is 1.